The minimum absolute atomic E-state index is 0.117. The quantitative estimate of drug-likeness (QED) is 0.785. The van der Waals surface area contributed by atoms with Gasteiger partial charge in [-0.2, -0.15) is 0 Å². The molecule has 0 aliphatic rings. The lowest BCUT2D eigenvalue weighted by Crippen LogP contribution is -2.33. The first-order valence-corrected chi connectivity index (χ1v) is 11.2. The van der Waals surface area contributed by atoms with E-state index in [0.29, 0.717) is 6.61 Å². The molecular formula is C15H21BrN2OSi. The van der Waals surface area contributed by atoms with Crippen LogP contribution in [0.3, 0.4) is 0 Å². The number of halogens is 1. The van der Waals surface area contributed by atoms with Gasteiger partial charge in [0.1, 0.15) is 10.4 Å². The number of imidazole rings is 1. The van der Waals surface area contributed by atoms with Gasteiger partial charge in [0, 0.05) is 12.2 Å². The van der Waals surface area contributed by atoms with E-state index >= 15 is 0 Å². The van der Waals surface area contributed by atoms with Crippen LogP contribution in [-0.2, 0) is 4.74 Å². The third kappa shape index (κ3) is 3.40. The van der Waals surface area contributed by atoms with Gasteiger partial charge in [-0.05, 0) is 22.9 Å². The predicted molar refractivity (Wildman–Crippen MR) is 89.4 cm³/mol. The number of nitrogens with zero attached hydrogens (tertiary/aromatic N) is 1. The maximum atomic E-state index is 5.98. The average molecular weight is 353 g/mol. The Balaban J connectivity index is 2.40. The van der Waals surface area contributed by atoms with Crippen molar-refractivity contribution in [3.8, 4) is 11.4 Å². The van der Waals surface area contributed by atoms with Crippen LogP contribution >= 0.6 is 15.9 Å². The molecule has 1 aromatic carbocycles. The molecule has 0 bridgehead atoms. The fraction of sp³-hybridized carbons (Fsp3) is 0.400. The van der Waals surface area contributed by atoms with E-state index in [4.69, 9.17) is 4.74 Å². The molecule has 2 aromatic rings. The SMILES string of the molecule is CCOC(c1[nH]c(-c2ccccc2)nc1Br)[Si](C)(C)C. The first-order chi connectivity index (χ1) is 9.43. The summed E-state index contributed by atoms with van der Waals surface area (Å²) in [5.74, 6) is 0.885. The molecule has 0 spiro atoms. The fourth-order valence-electron chi connectivity index (χ4n) is 2.20. The summed E-state index contributed by atoms with van der Waals surface area (Å²) in [5.41, 5.74) is 2.27. The molecule has 1 heterocycles. The molecule has 108 valence electrons. The number of ether oxygens (including phenoxy) is 1. The second kappa shape index (κ2) is 6.24. The highest BCUT2D eigenvalue weighted by Crippen LogP contribution is 2.33. The maximum Gasteiger partial charge on any atom is 0.138 e. The minimum Gasteiger partial charge on any atom is -0.376 e. The van der Waals surface area contributed by atoms with E-state index < -0.39 is 8.07 Å². The highest BCUT2D eigenvalue weighted by molar-refractivity contribution is 9.10. The van der Waals surface area contributed by atoms with Gasteiger partial charge in [-0.25, -0.2) is 4.98 Å². The summed E-state index contributed by atoms with van der Waals surface area (Å²) in [5, 5.41) is 0. The third-order valence-corrected chi connectivity index (χ3v) is 5.75. The van der Waals surface area contributed by atoms with Gasteiger partial charge in [-0.1, -0.05) is 50.0 Å². The number of hydrogen-bond acceptors (Lipinski definition) is 2. The van der Waals surface area contributed by atoms with Gasteiger partial charge in [0.25, 0.3) is 0 Å². The lowest BCUT2D eigenvalue weighted by atomic mass is 10.2. The van der Waals surface area contributed by atoms with Gasteiger partial charge in [0.05, 0.1) is 19.5 Å². The zero-order chi connectivity index (χ0) is 14.8. The molecule has 2 rings (SSSR count). The van der Waals surface area contributed by atoms with Crippen LogP contribution in [0.2, 0.25) is 19.6 Å². The third-order valence-electron chi connectivity index (χ3n) is 3.11. The number of aromatic nitrogens is 2. The number of aromatic amines is 1. The van der Waals surface area contributed by atoms with E-state index in [1.54, 1.807) is 0 Å². The predicted octanol–water partition coefficient (Wildman–Crippen LogP) is 4.79. The molecule has 0 saturated heterocycles. The summed E-state index contributed by atoms with van der Waals surface area (Å²) < 4.78 is 6.84. The lowest BCUT2D eigenvalue weighted by Gasteiger charge is -2.27. The normalized spacial score (nSPS) is 13.4. The van der Waals surface area contributed by atoms with E-state index in [2.05, 4.69) is 57.7 Å². The molecule has 5 heteroatoms. The molecule has 1 unspecified atom stereocenters. The molecule has 0 aliphatic carbocycles. The van der Waals surface area contributed by atoms with Gasteiger partial charge in [0.15, 0.2) is 0 Å². The monoisotopic (exact) mass is 352 g/mol. The van der Waals surface area contributed by atoms with E-state index in [0.717, 1.165) is 21.7 Å². The fourth-order valence-corrected chi connectivity index (χ4v) is 4.64. The van der Waals surface area contributed by atoms with Crippen LogP contribution in [0.5, 0.6) is 0 Å². The van der Waals surface area contributed by atoms with Crippen molar-refractivity contribution in [2.75, 3.05) is 6.61 Å². The van der Waals surface area contributed by atoms with Crippen molar-refractivity contribution in [1.29, 1.82) is 0 Å². The summed E-state index contributed by atoms with van der Waals surface area (Å²) in [6.45, 7) is 9.67. The van der Waals surface area contributed by atoms with Crippen LogP contribution in [0, 0.1) is 0 Å². The van der Waals surface area contributed by atoms with Gasteiger partial charge in [-0.15, -0.1) is 0 Å². The van der Waals surface area contributed by atoms with Crippen molar-refractivity contribution in [1.82, 2.24) is 9.97 Å². The second-order valence-electron chi connectivity index (χ2n) is 5.86. The largest absolute Gasteiger partial charge is 0.376 e. The highest BCUT2D eigenvalue weighted by atomic mass is 79.9. The molecule has 0 radical (unpaired) electrons. The number of rotatable bonds is 5. The smallest absolute Gasteiger partial charge is 0.138 e. The van der Waals surface area contributed by atoms with Gasteiger partial charge in [0.2, 0.25) is 0 Å². The molecule has 0 saturated carbocycles. The molecule has 0 amide bonds. The average Bonchev–Trinajstić information content (AvgIpc) is 2.77. The molecule has 1 N–H and O–H groups in total. The van der Waals surface area contributed by atoms with Gasteiger partial charge < -0.3 is 9.72 Å². The molecular weight excluding hydrogens is 332 g/mol. The van der Waals surface area contributed by atoms with E-state index in [1.165, 1.54) is 0 Å². The Hall–Kier alpha value is -0.913. The van der Waals surface area contributed by atoms with Crippen molar-refractivity contribution in [3.63, 3.8) is 0 Å². The van der Waals surface area contributed by atoms with Crippen LogP contribution in [0.15, 0.2) is 34.9 Å². The maximum absolute atomic E-state index is 5.98. The molecule has 1 atom stereocenters. The first-order valence-electron chi connectivity index (χ1n) is 6.86. The van der Waals surface area contributed by atoms with Crippen LogP contribution in [0.1, 0.15) is 18.3 Å². The Morgan fingerprint density at radius 3 is 2.45 bits per heavy atom. The molecule has 0 aliphatic heterocycles. The van der Waals surface area contributed by atoms with Crippen LogP contribution in [0.25, 0.3) is 11.4 Å². The highest BCUT2D eigenvalue weighted by Gasteiger charge is 2.32. The lowest BCUT2D eigenvalue weighted by molar-refractivity contribution is 0.109. The van der Waals surface area contributed by atoms with Crippen LogP contribution in [-0.4, -0.2) is 24.6 Å². The zero-order valence-corrected chi connectivity index (χ0v) is 15.0. The Morgan fingerprint density at radius 1 is 1.25 bits per heavy atom. The Labute approximate surface area is 129 Å². The zero-order valence-electron chi connectivity index (χ0n) is 12.4. The van der Waals surface area contributed by atoms with Gasteiger partial charge >= 0.3 is 0 Å². The van der Waals surface area contributed by atoms with Crippen LogP contribution < -0.4 is 0 Å². The molecule has 20 heavy (non-hydrogen) atoms. The summed E-state index contributed by atoms with van der Waals surface area (Å²) in [6.07, 6.45) is 0. The van der Waals surface area contributed by atoms with Gasteiger partial charge in [-0.3, -0.25) is 0 Å². The van der Waals surface area contributed by atoms with Crippen molar-refractivity contribution in [2.45, 2.75) is 32.3 Å². The number of benzene rings is 1. The molecule has 3 nitrogen and oxygen atoms in total. The molecule has 1 aromatic heterocycles. The van der Waals surface area contributed by atoms with E-state index in [9.17, 15) is 0 Å². The number of hydrogen-bond donors (Lipinski definition) is 1. The topological polar surface area (TPSA) is 37.9 Å². The summed E-state index contributed by atoms with van der Waals surface area (Å²) in [7, 11) is -1.49. The Kier molecular flexibility index (Phi) is 4.83. The first kappa shape index (κ1) is 15.5. The summed E-state index contributed by atoms with van der Waals surface area (Å²) >= 11 is 3.58. The van der Waals surface area contributed by atoms with E-state index in [1.807, 2.05) is 25.1 Å². The number of H-pyrrole nitrogens is 1. The van der Waals surface area contributed by atoms with Crippen molar-refractivity contribution >= 4 is 24.0 Å². The van der Waals surface area contributed by atoms with Crippen molar-refractivity contribution in [3.05, 3.63) is 40.6 Å². The second-order valence-corrected chi connectivity index (χ2v) is 11.9. The standard InChI is InChI=1S/C15H21BrN2OSi/c1-5-19-15(20(2,3)4)12-13(16)18-14(17-12)11-9-7-6-8-10-11/h6-10,15H,5H2,1-4H3,(H,17,18). The number of nitrogens with one attached hydrogen (secondary N) is 1. The Bertz CT molecular complexity index is 563. The van der Waals surface area contributed by atoms with Crippen LogP contribution in [0.4, 0.5) is 0 Å². The Morgan fingerprint density at radius 2 is 1.90 bits per heavy atom. The summed E-state index contributed by atoms with van der Waals surface area (Å²) in [4.78, 5) is 8.04. The minimum atomic E-state index is -1.49. The van der Waals surface area contributed by atoms with E-state index in [-0.39, 0.29) is 5.73 Å². The molecule has 0 fully saturated rings. The summed E-state index contributed by atoms with van der Waals surface area (Å²) in [6, 6.07) is 10.2. The van der Waals surface area contributed by atoms with Crippen molar-refractivity contribution < 1.29 is 4.74 Å². The van der Waals surface area contributed by atoms with Crippen molar-refractivity contribution in [2.24, 2.45) is 0 Å².